The zero-order chi connectivity index (χ0) is 14.9. The molecule has 0 spiro atoms. The molecule has 2 aliphatic heterocycles. The average Bonchev–Trinajstić information content (AvgIpc) is 2.93. The van der Waals surface area contributed by atoms with Crippen LogP contribution in [-0.2, 0) is 9.53 Å². The van der Waals surface area contributed by atoms with E-state index in [0.29, 0.717) is 18.4 Å². The van der Waals surface area contributed by atoms with E-state index in [1.165, 1.54) is 13.3 Å². The molecule has 4 atom stereocenters. The molecule has 0 radical (unpaired) electrons. The molecule has 2 fully saturated rings. The van der Waals surface area contributed by atoms with Crippen LogP contribution in [0.2, 0.25) is 0 Å². The maximum absolute atomic E-state index is 12.1. The number of nitrogens with zero attached hydrogens (tertiary/aromatic N) is 1. The molecule has 2 N–H and O–H groups in total. The summed E-state index contributed by atoms with van der Waals surface area (Å²) in [5.41, 5.74) is 0. The molecule has 0 aromatic carbocycles. The molecule has 0 amide bonds. The largest absolute Gasteiger partial charge is 0.430 e. The predicted molar refractivity (Wildman–Crippen MR) is 74.9 cm³/mol. The standard InChI is InChI=1S/C15H27NO4/c1-10(2)15(19,11(3)17)20-14(18)9-12-6-8-16-7-4-5-13(12)16/h10-13,17,19H,4-9H2,1-3H3. The molecule has 5 nitrogen and oxygen atoms in total. The lowest BCUT2D eigenvalue weighted by atomic mass is 9.94. The molecule has 2 aliphatic rings. The molecule has 0 bridgehead atoms. The summed E-state index contributed by atoms with van der Waals surface area (Å²) in [7, 11) is 0. The molecule has 2 saturated heterocycles. The molecule has 0 aromatic rings. The average molecular weight is 285 g/mol. The highest BCUT2D eigenvalue weighted by Gasteiger charge is 2.43. The van der Waals surface area contributed by atoms with Crippen molar-refractivity contribution in [1.82, 2.24) is 4.90 Å². The van der Waals surface area contributed by atoms with E-state index in [0.717, 1.165) is 25.9 Å². The van der Waals surface area contributed by atoms with Gasteiger partial charge < -0.3 is 19.8 Å². The van der Waals surface area contributed by atoms with Gasteiger partial charge in [0.25, 0.3) is 0 Å². The molecule has 0 aromatic heterocycles. The van der Waals surface area contributed by atoms with E-state index in [4.69, 9.17) is 4.74 Å². The van der Waals surface area contributed by atoms with Crippen LogP contribution in [0.25, 0.3) is 0 Å². The SMILES string of the molecule is CC(C)C(O)(OC(=O)CC1CCN2CCCC12)C(C)O. The fourth-order valence-corrected chi connectivity index (χ4v) is 3.55. The van der Waals surface area contributed by atoms with Crippen molar-refractivity contribution in [2.45, 2.75) is 64.4 Å². The van der Waals surface area contributed by atoms with Crippen molar-refractivity contribution in [2.24, 2.45) is 11.8 Å². The second-order valence-corrected chi connectivity index (χ2v) is 6.56. The van der Waals surface area contributed by atoms with Crippen LogP contribution in [0.15, 0.2) is 0 Å². The zero-order valence-corrected chi connectivity index (χ0v) is 12.7. The van der Waals surface area contributed by atoms with E-state index in [1.807, 2.05) is 0 Å². The van der Waals surface area contributed by atoms with Gasteiger partial charge in [0, 0.05) is 18.4 Å². The van der Waals surface area contributed by atoms with Gasteiger partial charge in [0.05, 0.1) is 0 Å². The van der Waals surface area contributed by atoms with Gasteiger partial charge in [-0.3, -0.25) is 4.79 Å². The Morgan fingerprint density at radius 1 is 1.35 bits per heavy atom. The lowest BCUT2D eigenvalue weighted by Crippen LogP contribution is -2.49. The van der Waals surface area contributed by atoms with Gasteiger partial charge in [-0.25, -0.2) is 0 Å². The van der Waals surface area contributed by atoms with E-state index in [2.05, 4.69) is 4.90 Å². The third-order valence-corrected chi connectivity index (χ3v) is 4.88. The van der Waals surface area contributed by atoms with Crippen LogP contribution in [0.4, 0.5) is 0 Å². The van der Waals surface area contributed by atoms with Crippen LogP contribution in [0.5, 0.6) is 0 Å². The van der Waals surface area contributed by atoms with Crippen LogP contribution in [0.1, 0.15) is 46.5 Å². The van der Waals surface area contributed by atoms with Gasteiger partial charge >= 0.3 is 5.97 Å². The quantitative estimate of drug-likeness (QED) is 0.585. The second kappa shape index (κ2) is 6.00. The summed E-state index contributed by atoms with van der Waals surface area (Å²) in [6, 6.07) is 0.501. The van der Waals surface area contributed by atoms with Crippen molar-refractivity contribution in [3.63, 3.8) is 0 Å². The van der Waals surface area contributed by atoms with Crippen molar-refractivity contribution in [2.75, 3.05) is 13.1 Å². The number of aliphatic hydroxyl groups is 2. The summed E-state index contributed by atoms with van der Waals surface area (Å²) in [5.74, 6) is -2.21. The first-order valence-electron chi connectivity index (χ1n) is 7.71. The summed E-state index contributed by atoms with van der Waals surface area (Å²) in [4.78, 5) is 14.5. The molecule has 116 valence electrons. The van der Waals surface area contributed by atoms with E-state index in [-0.39, 0.29) is 5.92 Å². The summed E-state index contributed by atoms with van der Waals surface area (Å²) < 4.78 is 5.22. The van der Waals surface area contributed by atoms with Crippen molar-refractivity contribution in [3.05, 3.63) is 0 Å². The molecule has 20 heavy (non-hydrogen) atoms. The highest BCUT2D eigenvalue weighted by Crippen LogP contribution is 2.35. The van der Waals surface area contributed by atoms with E-state index in [9.17, 15) is 15.0 Å². The minimum Gasteiger partial charge on any atom is -0.430 e. The highest BCUT2D eigenvalue weighted by molar-refractivity contribution is 5.70. The van der Waals surface area contributed by atoms with Crippen LogP contribution >= 0.6 is 0 Å². The van der Waals surface area contributed by atoms with Crippen molar-refractivity contribution >= 4 is 5.97 Å². The fraction of sp³-hybridized carbons (Fsp3) is 0.933. The Hall–Kier alpha value is -0.650. The monoisotopic (exact) mass is 285 g/mol. The van der Waals surface area contributed by atoms with E-state index >= 15 is 0 Å². The summed E-state index contributed by atoms with van der Waals surface area (Å²) in [6.45, 7) is 7.11. The van der Waals surface area contributed by atoms with Gasteiger partial charge in [0.1, 0.15) is 6.10 Å². The number of fused-ring (bicyclic) bond motifs is 1. The van der Waals surface area contributed by atoms with Crippen molar-refractivity contribution < 1.29 is 19.7 Å². The molecule has 2 heterocycles. The first-order valence-corrected chi connectivity index (χ1v) is 7.71. The number of hydrogen-bond acceptors (Lipinski definition) is 5. The maximum atomic E-state index is 12.1. The Morgan fingerprint density at radius 2 is 2.05 bits per heavy atom. The van der Waals surface area contributed by atoms with Crippen LogP contribution in [-0.4, -0.2) is 52.1 Å². The molecule has 5 heteroatoms. The summed E-state index contributed by atoms with van der Waals surface area (Å²) in [5, 5.41) is 20.0. The van der Waals surface area contributed by atoms with E-state index < -0.39 is 17.9 Å². The third-order valence-electron chi connectivity index (χ3n) is 4.88. The first kappa shape index (κ1) is 15.7. The molecule has 2 rings (SSSR count). The smallest absolute Gasteiger partial charge is 0.308 e. The predicted octanol–water partition coefficient (Wildman–Crippen LogP) is 1.13. The summed E-state index contributed by atoms with van der Waals surface area (Å²) >= 11 is 0. The van der Waals surface area contributed by atoms with Gasteiger partial charge in [0.2, 0.25) is 5.79 Å². The van der Waals surface area contributed by atoms with Crippen molar-refractivity contribution in [1.29, 1.82) is 0 Å². The minimum atomic E-state index is -1.79. The lowest BCUT2D eigenvalue weighted by Gasteiger charge is -2.34. The molecular formula is C15H27NO4. The number of aliphatic hydroxyl groups excluding tert-OH is 1. The summed E-state index contributed by atoms with van der Waals surface area (Å²) in [6.07, 6.45) is 2.62. The number of carbonyl (C=O) groups excluding carboxylic acids is 1. The highest BCUT2D eigenvalue weighted by atomic mass is 16.7. The first-order chi connectivity index (χ1) is 9.34. The third kappa shape index (κ3) is 3.00. The minimum absolute atomic E-state index is 0.329. The van der Waals surface area contributed by atoms with Gasteiger partial charge in [-0.15, -0.1) is 0 Å². The van der Waals surface area contributed by atoms with Crippen LogP contribution in [0.3, 0.4) is 0 Å². The Kier molecular flexibility index (Phi) is 4.72. The Labute approximate surface area is 120 Å². The molecule has 0 saturated carbocycles. The lowest BCUT2D eigenvalue weighted by molar-refractivity contribution is -0.264. The van der Waals surface area contributed by atoms with Crippen LogP contribution < -0.4 is 0 Å². The number of ether oxygens (including phenoxy) is 1. The van der Waals surface area contributed by atoms with Gasteiger partial charge in [-0.05, 0) is 45.2 Å². The van der Waals surface area contributed by atoms with Gasteiger partial charge in [0.15, 0.2) is 0 Å². The fourth-order valence-electron chi connectivity index (χ4n) is 3.55. The Morgan fingerprint density at radius 3 is 2.65 bits per heavy atom. The van der Waals surface area contributed by atoms with Crippen molar-refractivity contribution in [3.8, 4) is 0 Å². The maximum Gasteiger partial charge on any atom is 0.308 e. The number of rotatable bonds is 5. The van der Waals surface area contributed by atoms with Gasteiger partial charge in [-0.1, -0.05) is 13.8 Å². The normalized spacial score (nSPS) is 31.1. The topological polar surface area (TPSA) is 70.0 Å². The zero-order valence-electron chi connectivity index (χ0n) is 12.7. The number of hydrogen-bond donors (Lipinski definition) is 2. The molecule has 4 unspecified atom stereocenters. The van der Waals surface area contributed by atoms with Crippen LogP contribution in [0, 0.1) is 11.8 Å². The molecular weight excluding hydrogens is 258 g/mol. The Bertz CT molecular complexity index is 348. The number of esters is 1. The number of carbonyl (C=O) groups is 1. The Balaban J connectivity index is 1.92. The second-order valence-electron chi connectivity index (χ2n) is 6.56. The van der Waals surface area contributed by atoms with E-state index in [1.54, 1.807) is 13.8 Å². The van der Waals surface area contributed by atoms with Gasteiger partial charge in [-0.2, -0.15) is 0 Å². The molecule has 0 aliphatic carbocycles.